The molecule has 2 aromatic heterocycles. The average Bonchev–Trinajstić information content (AvgIpc) is 3.43. The molecule has 0 unspecified atom stereocenters. The van der Waals surface area contributed by atoms with E-state index in [2.05, 4.69) is 10.3 Å². The van der Waals surface area contributed by atoms with Crippen LogP contribution in [0.3, 0.4) is 0 Å². The van der Waals surface area contributed by atoms with Crippen molar-refractivity contribution in [3.8, 4) is 34.0 Å². The van der Waals surface area contributed by atoms with Crippen molar-refractivity contribution in [3.05, 3.63) is 70.8 Å². The van der Waals surface area contributed by atoms with Gasteiger partial charge in [-0.15, -0.1) is 0 Å². The Balaban J connectivity index is 1.52. The number of rotatable bonds is 6. The maximum absolute atomic E-state index is 14.1. The largest absolute Gasteiger partial charge is 0.480 e. The number of hydrogen-bond donors (Lipinski definition) is 1. The van der Waals surface area contributed by atoms with Crippen LogP contribution in [-0.2, 0) is 30.4 Å². The van der Waals surface area contributed by atoms with Gasteiger partial charge in [0, 0.05) is 23.2 Å². The van der Waals surface area contributed by atoms with E-state index >= 15 is 0 Å². The molecular weight excluding hydrogens is 463 g/mol. The molecule has 1 N–H and O–H groups in total. The third-order valence-electron chi connectivity index (χ3n) is 5.94. The second-order valence-corrected chi connectivity index (χ2v) is 8.50. The quantitative estimate of drug-likeness (QED) is 0.398. The van der Waals surface area contributed by atoms with Crippen LogP contribution in [0.15, 0.2) is 57.6 Å². The smallest absolute Gasteiger partial charge is 0.422 e. The predicted molar refractivity (Wildman–Crippen MR) is 119 cm³/mol. The van der Waals surface area contributed by atoms with E-state index in [1.807, 2.05) is 18.2 Å². The van der Waals surface area contributed by atoms with Gasteiger partial charge >= 0.3 is 12.1 Å². The van der Waals surface area contributed by atoms with Crippen LogP contribution in [0.2, 0.25) is 0 Å². The molecule has 10 heteroatoms. The van der Waals surface area contributed by atoms with Gasteiger partial charge in [0.1, 0.15) is 11.3 Å². The summed E-state index contributed by atoms with van der Waals surface area (Å²) in [6, 6.07) is 13.7. The molecule has 2 aromatic carbocycles. The van der Waals surface area contributed by atoms with E-state index in [0.717, 1.165) is 16.7 Å². The van der Waals surface area contributed by atoms with E-state index < -0.39 is 23.4 Å². The number of halogens is 3. The molecule has 7 nitrogen and oxygen atoms in total. The minimum absolute atomic E-state index is 0.0471. The SMILES string of the molecule is CN(CC(=O)O)Cc1ccc2c(c1)CCc1c-2noc1-c1noc(-c2ccccc2)c1C(F)(F)F. The highest BCUT2D eigenvalue weighted by molar-refractivity contribution is 5.79. The minimum atomic E-state index is -4.72. The van der Waals surface area contributed by atoms with Gasteiger partial charge in [0.15, 0.2) is 17.2 Å². The Labute approximate surface area is 197 Å². The Morgan fingerprint density at radius 1 is 1.03 bits per heavy atom. The van der Waals surface area contributed by atoms with Gasteiger partial charge in [0.2, 0.25) is 0 Å². The third-order valence-corrected chi connectivity index (χ3v) is 5.94. The lowest BCUT2D eigenvalue weighted by Gasteiger charge is -2.19. The maximum Gasteiger partial charge on any atom is 0.422 e. The Kier molecular flexibility index (Phi) is 5.68. The van der Waals surface area contributed by atoms with Gasteiger partial charge in [-0.05, 0) is 31.0 Å². The normalized spacial score (nSPS) is 13.1. The van der Waals surface area contributed by atoms with Gasteiger partial charge < -0.3 is 14.2 Å². The summed E-state index contributed by atoms with van der Waals surface area (Å²) >= 11 is 0. The Morgan fingerprint density at radius 2 is 1.74 bits per heavy atom. The maximum atomic E-state index is 14.1. The molecule has 1 aliphatic rings. The predicted octanol–water partition coefficient (Wildman–Crippen LogP) is 5.30. The number of aryl methyl sites for hydroxylation is 1. The number of nitrogens with zero attached hydrogens (tertiary/aromatic N) is 3. The van der Waals surface area contributed by atoms with Gasteiger partial charge in [0.05, 0.1) is 6.54 Å². The molecule has 0 radical (unpaired) electrons. The van der Waals surface area contributed by atoms with Crippen LogP contribution in [-0.4, -0.2) is 39.9 Å². The van der Waals surface area contributed by atoms with Crippen LogP contribution in [0.5, 0.6) is 0 Å². The van der Waals surface area contributed by atoms with Crippen LogP contribution in [0.1, 0.15) is 22.3 Å². The number of carboxylic acid groups (broad SMARTS) is 1. The number of carbonyl (C=O) groups is 1. The number of carboxylic acids is 1. The molecule has 0 amide bonds. The van der Waals surface area contributed by atoms with E-state index in [0.29, 0.717) is 30.6 Å². The van der Waals surface area contributed by atoms with Crippen molar-refractivity contribution in [1.82, 2.24) is 15.2 Å². The summed E-state index contributed by atoms with van der Waals surface area (Å²) in [5.41, 5.74) is 2.55. The minimum Gasteiger partial charge on any atom is -0.480 e. The molecule has 180 valence electrons. The fourth-order valence-corrected chi connectivity index (χ4v) is 4.47. The van der Waals surface area contributed by atoms with E-state index in [4.69, 9.17) is 14.2 Å². The number of benzene rings is 2. The van der Waals surface area contributed by atoms with Crippen LogP contribution < -0.4 is 0 Å². The summed E-state index contributed by atoms with van der Waals surface area (Å²) in [7, 11) is 1.72. The molecule has 0 fully saturated rings. The van der Waals surface area contributed by atoms with Crippen molar-refractivity contribution in [2.75, 3.05) is 13.6 Å². The van der Waals surface area contributed by atoms with Crippen molar-refractivity contribution < 1.29 is 32.1 Å². The topological polar surface area (TPSA) is 92.6 Å². The number of aliphatic carboxylic acids is 1. The third kappa shape index (κ3) is 4.32. The molecule has 0 saturated heterocycles. The Hall–Kier alpha value is -3.92. The first-order valence-electron chi connectivity index (χ1n) is 10.9. The number of hydrogen-bond acceptors (Lipinski definition) is 6. The van der Waals surface area contributed by atoms with Crippen molar-refractivity contribution in [2.45, 2.75) is 25.6 Å². The highest BCUT2D eigenvalue weighted by Gasteiger charge is 2.43. The summed E-state index contributed by atoms with van der Waals surface area (Å²) in [5.74, 6) is -1.33. The average molecular weight is 483 g/mol. The summed E-state index contributed by atoms with van der Waals surface area (Å²) in [6.45, 7) is 0.366. The number of likely N-dealkylation sites (N-methyl/N-ethyl adjacent to an activating group) is 1. The van der Waals surface area contributed by atoms with E-state index in [-0.39, 0.29) is 23.6 Å². The monoisotopic (exact) mass is 483 g/mol. The van der Waals surface area contributed by atoms with E-state index in [1.54, 1.807) is 30.1 Å². The van der Waals surface area contributed by atoms with E-state index in [1.165, 1.54) is 12.1 Å². The molecule has 5 rings (SSSR count). The zero-order valence-corrected chi connectivity index (χ0v) is 18.6. The van der Waals surface area contributed by atoms with Crippen LogP contribution in [0.4, 0.5) is 13.2 Å². The number of alkyl halides is 3. The highest BCUT2D eigenvalue weighted by atomic mass is 19.4. The molecule has 0 spiro atoms. The lowest BCUT2D eigenvalue weighted by atomic mass is 9.87. The van der Waals surface area contributed by atoms with Gasteiger partial charge in [-0.1, -0.05) is 58.8 Å². The first-order chi connectivity index (χ1) is 16.7. The summed E-state index contributed by atoms with van der Waals surface area (Å²) < 4.78 is 53.0. The van der Waals surface area contributed by atoms with Crippen molar-refractivity contribution in [3.63, 3.8) is 0 Å². The second-order valence-electron chi connectivity index (χ2n) is 8.50. The summed E-state index contributed by atoms with van der Waals surface area (Å²) in [5, 5.41) is 16.8. The lowest BCUT2D eigenvalue weighted by Crippen LogP contribution is -2.25. The molecule has 0 aliphatic heterocycles. The van der Waals surface area contributed by atoms with Gasteiger partial charge in [-0.25, -0.2) is 0 Å². The Bertz CT molecular complexity index is 1390. The fourth-order valence-electron chi connectivity index (χ4n) is 4.47. The van der Waals surface area contributed by atoms with E-state index in [9.17, 15) is 18.0 Å². The lowest BCUT2D eigenvalue weighted by molar-refractivity contribution is -0.138. The van der Waals surface area contributed by atoms with Gasteiger partial charge in [0.25, 0.3) is 0 Å². The Morgan fingerprint density at radius 3 is 2.46 bits per heavy atom. The second kappa shape index (κ2) is 8.70. The summed E-state index contributed by atoms with van der Waals surface area (Å²) in [6.07, 6.45) is -3.73. The molecule has 1 aliphatic carbocycles. The summed E-state index contributed by atoms with van der Waals surface area (Å²) in [4.78, 5) is 12.6. The van der Waals surface area contributed by atoms with Crippen LogP contribution in [0.25, 0.3) is 34.0 Å². The standard InChI is InChI=1S/C25H20F3N3O4/c1-31(13-19(32)33)12-14-7-9-17-16(11-14)8-10-18-21(17)29-35-24(18)22-20(25(26,27)28)23(34-30-22)15-5-3-2-4-6-15/h2-7,9,11H,8,10,12-13H2,1H3,(H,32,33). The highest BCUT2D eigenvalue weighted by Crippen LogP contribution is 2.46. The first-order valence-corrected chi connectivity index (χ1v) is 10.9. The number of fused-ring (bicyclic) bond motifs is 3. The molecule has 0 atom stereocenters. The fraction of sp³-hybridized carbons (Fsp3) is 0.240. The first kappa shape index (κ1) is 22.9. The van der Waals surface area contributed by atoms with Gasteiger partial charge in [-0.3, -0.25) is 9.69 Å². The molecular formula is C25H20F3N3O4. The molecule has 4 aromatic rings. The zero-order chi connectivity index (χ0) is 24.7. The van der Waals surface area contributed by atoms with Crippen LogP contribution >= 0.6 is 0 Å². The van der Waals surface area contributed by atoms with Crippen molar-refractivity contribution >= 4 is 5.97 Å². The molecule has 0 saturated carbocycles. The molecule has 35 heavy (non-hydrogen) atoms. The number of aromatic nitrogens is 2. The molecule has 0 bridgehead atoms. The van der Waals surface area contributed by atoms with Crippen molar-refractivity contribution in [1.29, 1.82) is 0 Å². The molecule has 2 heterocycles. The van der Waals surface area contributed by atoms with Crippen LogP contribution in [0, 0.1) is 0 Å². The van der Waals surface area contributed by atoms with Crippen molar-refractivity contribution in [2.24, 2.45) is 0 Å². The zero-order valence-electron chi connectivity index (χ0n) is 18.6. The van der Waals surface area contributed by atoms with Gasteiger partial charge in [-0.2, -0.15) is 13.2 Å².